The number of carbonyl (C=O) groups is 2. The smallest absolute Gasteiger partial charge is 0.237 e. The van der Waals surface area contributed by atoms with E-state index in [4.69, 9.17) is 4.74 Å². The van der Waals surface area contributed by atoms with Crippen LogP contribution in [0.3, 0.4) is 0 Å². The van der Waals surface area contributed by atoms with Crippen LogP contribution in [-0.4, -0.2) is 73.0 Å². The monoisotopic (exact) mass is 326 g/mol. The minimum absolute atomic E-state index is 0.0545. The van der Waals surface area contributed by atoms with Crippen molar-refractivity contribution in [2.24, 2.45) is 0 Å². The van der Waals surface area contributed by atoms with Crippen LogP contribution in [0, 0.1) is 0 Å². The van der Waals surface area contributed by atoms with Gasteiger partial charge in [0.05, 0.1) is 25.6 Å². The Bertz CT molecular complexity index is 494. The number of thiazole rings is 1. The quantitative estimate of drug-likeness (QED) is 0.760. The van der Waals surface area contributed by atoms with E-state index in [0.29, 0.717) is 26.2 Å². The van der Waals surface area contributed by atoms with Crippen LogP contribution >= 0.6 is 11.3 Å². The third-order valence-corrected chi connectivity index (χ3v) is 4.46. The number of nitrogens with zero attached hydrogens (tertiary/aromatic N) is 3. The van der Waals surface area contributed by atoms with Gasteiger partial charge in [0.1, 0.15) is 5.01 Å². The molecule has 1 aromatic rings. The number of methoxy groups -OCH3 is 1. The lowest BCUT2D eigenvalue weighted by Crippen LogP contribution is -2.55. The number of nitrogens with one attached hydrogen (secondary N) is 1. The van der Waals surface area contributed by atoms with E-state index in [2.05, 4.69) is 10.3 Å². The first-order chi connectivity index (χ1) is 10.6. The van der Waals surface area contributed by atoms with Crippen molar-refractivity contribution >= 4 is 23.2 Å². The number of likely N-dealkylation sites (N-methyl/N-ethyl adjacent to an activating group) is 1. The maximum atomic E-state index is 12.6. The number of piperazine rings is 1. The molecule has 122 valence electrons. The molecule has 0 radical (unpaired) electrons. The van der Waals surface area contributed by atoms with Gasteiger partial charge in [-0.1, -0.05) is 0 Å². The molecule has 2 rings (SSSR count). The fourth-order valence-corrected chi connectivity index (χ4v) is 2.99. The molecule has 1 atom stereocenters. The van der Waals surface area contributed by atoms with Crippen molar-refractivity contribution in [1.82, 2.24) is 20.1 Å². The first-order valence-electron chi connectivity index (χ1n) is 7.25. The molecule has 1 N–H and O–H groups in total. The lowest BCUT2D eigenvalue weighted by atomic mass is 10.1. The van der Waals surface area contributed by atoms with Gasteiger partial charge < -0.3 is 15.0 Å². The van der Waals surface area contributed by atoms with E-state index in [0.717, 1.165) is 11.6 Å². The number of ether oxygens (including phenoxy) is 1. The van der Waals surface area contributed by atoms with Crippen molar-refractivity contribution in [3.8, 4) is 0 Å². The summed E-state index contributed by atoms with van der Waals surface area (Å²) in [4.78, 5) is 32.4. The summed E-state index contributed by atoms with van der Waals surface area (Å²) in [5.74, 6) is -0.135. The third-order valence-electron chi connectivity index (χ3n) is 3.69. The molecule has 8 heteroatoms. The van der Waals surface area contributed by atoms with Gasteiger partial charge in [0.25, 0.3) is 0 Å². The first kappa shape index (κ1) is 16.9. The largest absolute Gasteiger partial charge is 0.383 e. The second-order valence-corrected chi connectivity index (χ2v) is 6.20. The van der Waals surface area contributed by atoms with Crippen LogP contribution in [0.4, 0.5) is 0 Å². The molecular formula is C14H22N4O3S. The minimum atomic E-state index is -0.400. The van der Waals surface area contributed by atoms with Gasteiger partial charge in [0.2, 0.25) is 11.8 Å². The molecule has 22 heavy (non-hydrogen) atoms. The molecule has 0 aromatic carbocycles. The van der Waals surface area contributed by atoms with Crippen molar-refractivity contribution in [1.29, 1.82) is 0 Å². The van der Waals surface area contributed by atoms with Crippen molar-refractivity contribution in [2.45, 2.75) is 19.0 Å². The van der Waals surface area contributed by atoms with Gasteiger partial charge in [-0.2, -0.15) is 0 Å². The predicted octanol–water partition coefficient (Wildman–Crippen LogP) is -0.0616. The zero-order chi connectivity index (χ0) is 15.9. The normalized spacial score (nSPS) is 19.0. The zero-order valence-corrected chi connectivity index (χ0v) is 13.8. The molecule has 1 saturated heterocycles. The highest BCUT2D eigenvalue weighted by Crippen LogP contribution is 2.13. The Labute approximate surface area is 134 Å². The Kier molecular flexibility index (Phi) is 6.29. The van der Waals surface area contributed by atoms with Crippen LogP contribution in [0.15, 0.2) is 11.6 Å². The van der Waals surface area contributed by atoms with Gasteiger partial charge >= 0.3 is 0 Å². The fourth-order valence-electron chi connectivity index (χ4n) is 2.36. The molecule has 0 unspecified atom stereocenters. The second kappa shape index (κ2) is 8.21. The van der Waals surface area contributed by atoms with Crippen LogP contribution in [0.1, 0.15) is 11.4 Å². The average Bonchev–Trinajstić information content (AvgIpc) is 3.00. The summed E-state index contributed by atoms with van der Waals surface area (Å²) < 4.78 is 5.07. The highest BCUT2D eigenvalue weighted by molar-refractivity contribution is 7.09. The van der Waals surface area contributed by atoms with Crippen molar-refractivity contribution in [3.63, 3.8) is 0 Å². The van der Waals surface area contributed by atoms with E-state index in [-0.39, 0.29) is 18.2 Å². The van der Waals surface area contributed by atoms with Crippen molar-refractivity contribution in [2.75, 3.05) is 40.4 Å². The van der Waals surface area contributed by atoms with E-state index < -0.39 is 6.04 Å². The van der Waals surface area contributed by atoms with Crippen molar-refractivity contribution < 1.29 is 14.3 Å². The number of carbonyl (C=O) groups excluding carboxylic acids is 2. The lowest BCUT2D eigenvalue weighted by Gasteiger charge is -2.32. The Morgan fingerprint density at radius 2 is 2.45 bits per heavy atom. The van der Waals surface area contributed by atoms with Gasteiger partial charge in [-0.15, -0.1) is 11.3 Å². The van der Waals surface area contributed by atoms with Crippen LogP contribution in [0.25, 0.3) is 0 Å². The standard InChI is InChI=1S/C14H22N4O3S/c1-17-5-3-16-14(20)11(17)9-13(19)18(6-7-21-2)10-12-15-4-8-22-12/h4,8,11H,3,5-7,9-10H2,1-2H3,(H,16,20)/t11-/m0/s1. The molecule has 0 spiro atoms. The van der Waals surface area contributed by atoms with Gasteiger partial charge in [0.15, 0.2) is 0 Å². The van der Waals surface area contributed by atoms with E-state index in [1.54, 1.807) is 18.2 Å². The molecule has 2 heterocycles. The molecule has 0 saturated carbocycles. The molecule has 1 aliphatic heterocycles. The fraction of sp³-hybridized carbons (Fsp3) is 0.643. The number of hydrogen-bond donors (Lipinski definition) is 1. The van der Waals surface area contributed by atoms with Crippen LogP contribution < -0.4 is 5.32 Å². The van der Waals surface area contributed by atoms with E-state index in [1.807, 2.05) is 17.3 Å². The van der Waals surface area contributed by atoms with Crippen LogP contribution in [-0.2, 0) is 20.9 Å². The summed E-state index contributed by atoms with van der Waals surface area (Å²) in [6, 6.07) is -0.400. The Balaban J connectivity index is 1.99. The summed E-state index contributed by atoms with van der Waals surface area (Å²) in [6.45, 7) is 2.80. The summed E-state index contributed by atoms with van der Waals surface area (Å²) in [6.07, 6.45) is 1.90. The highest BCUT2D eigenvalue weighted by Gasteiger charge is 2.30. The molecule has 1 aliphatic rings. The number of hydrogen-bond acceptors (Lipinski definition) is 6. The zero-order valence-electron chi connectivity index (χ0n) is 12.9. The Morgan fingerprint density at radius 1 is 1.64 bits per heavy atom. The Morgan fingerprint density at radius 3 is 3.09 bits per heavy atom. The van der Waals surface area contributed by atoms with Crippen LogP contribution in [0.2, 0.25) is 0 Å². The maximum absolute atomic E-state index is 12.6. The highest BCUT2D eigenvalue weighted by atomic mass is 32.1. The molecule has 7 nitrogen and oxygen atoms in total. The van der Waals surface area contributed by atoms with Crippen LogP contribution in [0.5, 0.6) is 0 Å². The van der Waals surface area contributed by atoms with E-state index in [1.165, 1.54) is 11.3 Å². The van der Waals surface area contributed by atoms with Gasteiger partial charge in [-0.25, -0.2) is 4.98 Å². The summed E-state index contributed by atoms with van der Waals surface area (Å²) >= 11 is 1.51. The first-order valence-corrected chi connectivity index (χ1v) is 8.13. The summed E-state index contributed by atoms with van der Waals surface area (Å²) in [5, 5.41) is 5.58. The molecule has 0 aliphatic carbocycles. The van der Waals surface area contributed by atoms with E-state index in [9.17, 15) is 9.59 Å². The molecule has 1 aromatic heterocycles. The van der Waals surface area contributed by atoms with Gasteiger partial charge in [-0.05, 0) is 7.05 Å². The van der Waals surface area contributed by atoms with Gasteiger partial charge in [0, 0.05) is 38.3 Å². The molecule has 2 amide bonds. The van der Waals surface area contributed by atoms with Crippen molar-refractivity contribution in [3.05, 3.63) is 16.6 Å². The number of aromatic nitrogens is 1. The maximum Gasteiger partial charge on any atom is 0.237 e. The number of amides is 2. The van der Waals surface area contributed by atoms with E-state index >= 15 is 0 Å². The Hall–Kier alpha value is -1.51. The second-order valence-electron chi connectivity index (χ2n) is 5.23. The number of rotatable bonds is 7. The molecular weight excluding hydrogens is 304 g/mol. The third kappa shape index (κ3) is 4.49. The lowest BCUT2D eigenvalue weighted by molar-refractivity contribution is -0.139. The average molecular weight is 326 g/mol. The predicted molar refractivity (Wildman–Crippen MR) is 83.5 cm³/mol. The molecule has 1 fully saturated rings. The minimum Gasteiger partial charge on any atom is -0.383 e. The summed E-state index contributed by atoms with van der Waals surface area (Å²) in [5.41, 5.74) is 0. The van der Waals surface area contributed by atoms with Gasteiger partial charge in [-0.3, -0.25) is 14.5 Å². The topological polar surface area (TPSA) is 74.8 Å². The molecule has 0 bridgehead atoms. The summed E-state index contributed by atoms with van der Waals surface area (Å²) in [7, 11) is 3.48. The SMILES string of the molecule is COCCN(Cc1nccs1)C(=O)C[C@H]1C(=O)NCCN1C.